The van der Waals surface area contributed by atoms with Crippen molar-refractivity contribution >= 4 is 21.6 Å². The van der Waals surface area contributed by atoms with E-state index in [1.54, 1.807) is 4.90 Å². The number of hydrogen-bond acceptors (Lipinski definition) is 3. The summed E-state index contributed by atoms with van der Waals surface area (Å²) in [6.07, 6.45) is 1.17. The van der Waals surface area contributed by atoms with Crippen molar-refractivity contribution in [1.29, 1.82) is 0 Å². The normalized spacial score (nSPS) is 15.7. The summed E-state index contributed by atoms with van der Waals surface area (Å²) in [4.78, 5) is 14.6. The van der Waals surface area contributed by atoms with E-state index >= 15 is 0 Å². The lowest BCUT2D eigenvalue weighted by Crippen LogP contribution is -2.56. The van der Waals surface area contributed by atoms with Crippen molar-refractivity contribution in [2.24, 2.45) is 5.92 Å². The van der Waals surface area contributed by atoms with Crippen molar-refractivity contribution in [2.45, 2.75) is 6.54 Å². The zero-order chi connectivity index (χ0) is 17.2. The van der Waals surface area contributed by atoms with E-state index in [0.717, 1.165) is 11.3 Å². The summed E-state index contributed by atoms with van der Waals surface area (Å²) in [7, 11) is -3.22. The van der Waals surface area contributed by atoms with Crippen LogP contribution in [0.15, 0.2) is 60.7 Å². The van der Waals surface area contributed by atoms with E-state index in [4.69, 9.17) is 0 Å². The Bertz CT molecular complexity index is 801. The van der Waals surface area contributed by atoms with Gasteiger partial charge in [-0.2, -0.15) is 0 Å². The summed E-state index contributed by atoms with van der Waals surface area (Å²) in [6, 6.07) is 19.3. The Labute approximate surface area is 142 Å². The van der Waals surface area contributed by atoms with Crippen LogP contribution in [0.4, 0.5) is 5.69 Å². The Kier molecular flexibility index (Phi) is 4.69. The summed E-state index contributed by atoms with van der Waals surface area (Å²) >= 11 is 0. The van der Waals surface area contributed by atoms with Gasteiger partial charge in [0, 0.05) is 18.8 Å². The third-order valence-electron chi connectivity index (χ3n) is 4.18. The largest absolute Gasteiger partial charge is 0.308 e. The van der Waals surface area contributed by atoms with Gasteiger partial charge in [0.05, 0.1) is 18.7 Å². The molecular weight excluding hydrogens is 324 g/mol. The minimum atomic E-state index is -3.22. The van der Waals surface area contributed by atoms with Gasteiger partial charge in [0.2, 0.25) is 15.9 Å². The molecule has 0 aliphatic carbocycles. The summed E-state index contributed by atoms with van der Waals surface area (Å²) in [5.74, 6) is -0.325. The summed E-state index contributed by atoms with van der Waals surface area (Å²) in [6.45, 7) is 0.991. The molecule has 2 aromatic rings. The van der Waals surface area contributed by atoms with E-state index in [1.807, 2.05) is 60.7 Å². The first-order valence-electron chi connectivity index (χ1n) is 7.80. The number of amides is 1. The van der Waals surface area contributed by atoms with Crippen molar-refractivity contribution in [2.75, 3.05) is 24.2 Å². The predicted octanol–water partition coefficient (Wildman–Crippen LogP) is 2.11. The summed E-state index contributed by atoms with van der Waals surface area (Å²) in [5.41, 5.74) is 1.86. The molecule has 5 nitrogen and oxygen atoms in total. The predicted molar refractivity (Wildman–Crippen MR) is 94.0 cm³/mol. The zero-order valence-electron chi connectivity index (χ0n) is 13.5. The van der Waals surface area contributed by atoms with Crippen LogP contribution in [0.1, 0.15) is 5.56 Å². The van der Waals surface area contributed by atoms with Gasteiger partial charge in [0.25, 0.3) is 0 Å². The topological polar surface area (TPSA) is 57.7 Å². The number of para-hydroxylation sites is 1. The molecule has 0 aromatic heterocycles. The molecule has 1 heterocycles. The van der Waals surface area contributed by atoms with E-state index < -0.39 is 10.0 Å². The van der Waals surface area contributed by atoms with Gasteiger partial charge in [0.15, 0.2) is 0 Å². The Morgan fingerprint density at radius 2 is 1.58 bits per heavy atom. The fraction of sp³-hybridized carbons (Fsp3) is 0.278. The van der Waals surface area contributed by atoms with Crippen molar-refractivity contribution in [3.05, 3.63) is 66.2 Å². The molecule has 6 heteroatoms. The maximum atomic E-state index is 12.9. The quantitative estimate of drug-likeness (QED) is 0.835. The van der Waals surface area contributed by atoms with Crippen LogP contribution >= 0.6 is 0 Å². The average molecular weight is 344 g/mol. The molecule has 1 aliphatic rings. The fourth-order valence-corrected chi connectivity index (χ4v) is 3.66. The monoisotopic (exact) mass is 344 g/mol. The van der Waals surface area contributed by atoms with E-state index in [-0.39, 0.29) is 24.9 Å². The number of benzene rings is 2. The molecule has 0 spiro atoms. The number of carbonyl (C=O) groups excluding carboxylic acids is 1. The maximum Gasteiger partial charge on any atom is 0.233 e. The number of carbonyl (C=O) groups is 1. The molecule has 0 radical (unpaired) electrons. The van der Waals surface area contributed by atoms with Gasteiger partial charge in [-0.3, -0.25) is 4.79 Å². The summed E-state index contributed by atoms with van der Waals surface area (Å²) in [5, 5.41) is 0. The molecule has 24 heavy (non-hydrogen) atoms. The highest BCUT2D eigenvalue weighted by Gasteiger charge is 2.40. The third kappa shape index (κ3) is 3.66. The summed E-state index contributed by atoms with van der Waals surface area (Å²) < 4.78 is 24.4. The Morgan fingerprint density at radius 1 is 1.04 bits per heavy atom. The minimum Gasteiger partial charge on any atom is -0.308 e. The molecule has 2 aromatic carbocycles. The second kappa shape index (κ2) is 6.75. The van der Waals surface area contributed by atoms with Crippen LogP contribution in [0.2, 0.25) is 0 Å². The molecule has 3 rings (SSSR count). The van der Waals surface area contributed by atoms with Gasteiger partial charge in [-0.25, -0.2) is 12.7 Å². The lowest BCUT2D eigenvalue weighted by Gasteiger charge is -2.39. The van der Waals surface area contributed by atoms with E-state index in [0.29, 0.717) is 6.54 Å². The van der Waals surface area contributed by atoms with Gasteiger partial charge in [0.1, 0.15) is 0 Å². The molecule has 1 amide bonds. The van der Waals surface area contributed by atoms with E-state index in [1.165, 1.54) is 10.6 Å². The second-order valence-electron chi connectivity index (χ2n) is 6.02. The van der Waals surface area contributed by atoms with Gasteiger partial charge in [-0.1, -0.05) is 48.5 Å². The van der Waals surface area contributed by atoms with Gasteiger partial charge < -0.3 is 4.90 Å². The molecule has 1 aliphatic heterocycles. The minimum absolute atomic E-state index is 0.0371. The molecule has 1 saturated heterocycles. The molecule has 0 unspecified atom stereocenters. The smallest absolute Gasteiger partial charge is 0.233 e. The SMILES string of the molecule is CS(=O)(=O)N1CC(C(=O)N(Cc2ccccc2)c2ccccc2)C1. The van der Waals surface area contributed by atoms with Crippen molar-refractivity contribution in [1.82, 2.24) is 4.31 Å². The van der Waals surface area contributed by atoms with Gasteiger partial charge in [-0.05, 0) is 17.7 Å². The maximum absolute atomic E-state index is 12.9. The number of sulfonamides is 1. The first-order chi connectivity index (χ1) is 11.4. The number of hydrogen-bond donors (Lipinski definition) is 0. The van der Waals surface area contributed by atoms with Crippen LogP contribution in [0.5, 0.6) is 0 Å². The van der Waals surface area contributed by atoms with Crippen molar-refractivity contribution < 1.29 is 13.2 Å². The van der Waals surface area contributed by atoms with Crippen LogP contribution < -0.4 is 4.90 Å². The lowest BCUT2D eigenvalue weighted by molar-refractivity contribution is -0.125. The Balaban J connectivity index is 1.79. The van der Waals surface area contributed by atoms with E-state index in [2.05, 4.69) is 0 Å². The lowest BCUT2D eigenvalue weighted by atomic mass is 10.0. The van der Waals surface area contributed by atoms with Crippen molar-refractivity contribution in [3.63, 3.8) is 0 Å². The first kappa shape index (κ1) is 16.7. The molecule has 1 fully saturated rings. The molecule has 126 valence electrons. The molecule has 0 saturated carbocycles. The number of rotatable bonds is 5. The highest BCUT2D eigenvalue weighted by Crippen LogP contribution is 2.25. The average Bonchev–Trinajstić information content (AvgIpc) is 2.51. The van der Waals surface area contributed by atoms with Crippen LogP contribution in [0, 0.1) is 5.92 Å². The zero-order valence-corrected chi connectivity index (χ0v) is 14.3. The standard InChI is InChI=1S/C18H20N2O3S/c1-24(22,23)19-13-16(14-19)18(21)20(17-10-6-3-7-11-17)12-15-8-4-2-5-9-15/h2-11,16H,12-14H2,1H3. The molecule has 0 atom stereocenters. The number of anilines is 1. The van der Waals surface area contributed by atoms with Crippen molar-refractivity contribution in [3.8, 4) is 0 Å². The fourth-order valence-electron chi connectivity index (χ4n) is 2.76. The van der Waals surface area contributed by atoms with Crippen LogP contribution in [-0.4, -0.2) is 38.0 Å². The highest BCUT2D eigenvalue weighted by atomic mass is 32.2. The molecule has 0 bridgehead atoms. The number of nitrogens with zero attached hydrogens (tertiary/aromatic N) is 2. The second-order valence-corrected chi connectivity index (χ2v) is 8.00. The highest BCUT2D eigenvalue weighted by molar-refractivity contribution is 7.88. The van der Waals surface area contributed by atoms with Crippen LogP contribution in [-0.2, 0) is 21.4 Å². The molecular formula is C18H20N2O3S. The first-order valence-corrected chi connectivity index (χ1v) is 9.65. The van der Waals surface area contributed by atoms with Gasteiger partial charge >= 0.3 is 0 Å². The Hall–Kier alpha value is -2.18. The van der Waals surface area contributed by atoms with Gasteiger partial charge in [-0.15, -0.1) is 0 Å². The van der Waals surface area contributed by atoms with Crippen LogP contribution in [0.3, 0.4) is 0 Å². The Morgan fingerprint density at radius 3 is 2.12 bits per heavy atom. The third-order valence-corrected chi connectivity index (χ3v) is 5.42. The molecule has 0 N–H and O–H groups in total. The van der Waals surface area contributed by atoms with Crippen LogP contribution in [0.25, 0.3) is 0 Å². The van der Waals surface area contributed by atoms with E-state index in [9.17, 15) is 13.2 Å².